The van der Waals surface area contributed by atoms with Gasteiger partial charge in [-0.2, -0.15) is 9.90 Å². The van der Waals surface area contributed by atoms with Crippen molar-refractivity contribution in [3.8, 4) is 11.3 Å². The van der Waals surface area contributed by atoms with Crippen molar-refractivity contribution in [1.82, 2.24) is 15.0 Å². The number of carboxylic acids is 1. The molecule has 0 fully saturated rings. The maximum atomic E-state index is 11.3. The predicted molar refractivity (Wildman–Crippen MR) is 72.3 cm³/mol. The third kappa shape index (κ3) is 2.12. The molecule has 1 heterocycles. The lowest BCUT2D eigenvalue weighted by molar-refractivity contribution is 0.0690. The first-order chi connectivity index (χ1) is 8.82. The van der Waals surface area contributed by atoms with Crippen LogP contribution in [0.5, 0.6) is 0 Å². The first-order valence-electron chi connectivity index (χ1n) is 6.05. The van der Waals surface area contributed by atoms with Gasteiger partial charge in [-0.3, -0.25) is 0 Å². The van der Waals surface area contributed by atoms with Crippen molar-refractivity contribution in [1.29, 1.82) is 0 Å². The number of aromatic nitrogens is 3. The molecule has 1 N–H and O–H groups in total. The van der Waals surface area contributed by atoms with Gasteiger partial charge in [0.15, 0.2) is 5.69 Å². The van der Waals surface area contributed by atoms with E-state index in [0.717, 1.165) is 27.8 Å². The minimum Gasteiger partial charge on any atom is -0.476 e. The monoisotopic (exact) mass is 259 g/mol. The Hall–Kier alpha value is -2.17. The number of aromatic carboxylic acids is 1. The highest BCUT2D eigenvalue weighted by Gasteiger charge is 2.22. The molecule has 0 radical (unpaired) electrons. The Morgan fingerprint density at radius 3 is 2.11 bits per heavy atom. The first-order valence-corrected chi connectivity index (χ1v) is 6.05. The van der Waals surface area contributed by atoms with E-state index in [1.54, 1.807) is 7.05 Å². The van der Waals surface area contributed by atoms with Crippen LogP contribution in [-0.4, -0.2) is 26.1 Å². The van der Waals surface area contributed by atoms with Crippen LogP contribution in [0, 0.1) is 27.7 Å². The average Bonchev–Trinajstić information content (AvgIpc) is 2.69. The summed E-state index contributed by atoms with van der Waals surface area (Å²) in [7, 11) is 1.63. The van der Waals surface area contributed by atoms with Crippen LogP contribution in [0.15, 0.2) is 6.07 Å². The van der Waals surface area contributed by atoms with E-state index in [9.17, 15) is 9.90 Å². The zero-order chi connectivity index (χ0) is 14.3. The quantitative estimate of drug-likeness (QED) is 0.899. The maximum Gasteiger partial charge on any atom is 0.358 e. The summed E-state index contributed by atoms with van der Waals surface area (Å²) in [4.78, 5) is 12.6. The summed E-state index contributed by atoms with van der Waals surface area (Å²) in [6.45, 7) is 8.00. The molecule has 0 atom stereocenters. The molecule has 1 aromatic heterocycles. The van der Waals surface area contributed by atoms with Gasteiger partial charge in [-0.15, -0.1) is 5.10 Å². The summed E-state index contributed by atoms with van der Waals surface area (Å²) in [5.74, 6) is -1.05. The molecule has 0 saturated heterocycles. The molecule has 5 nitrogen and oxygen atoms in total. The van der Waals surface area contributed by atoms with Gasteiger partial charge in [-0.25, -0.2) is 4.79 Å². The standard InChI is InChI=1S/C14H17N3O2/c1-7-6-8(2)10(4)11(9(7)3)12-13(14(18)19)16-17(5)15-12/h6H,1-5H3,(H,18,19). The second-order valence-corrected chi connectivity index (χ2v) is 4.83. The number of benzene rings is 1. The van der Waals surface area contributed by atoms with Crippen molar-refractivity contribution in [3.63, 3.8) is 0 Å². The second kappa shape index (κ2) is 4.50. The van der Waals surface area contributed by atoms with E-state index in [1.807, 2.05) is 27.7 Å². The molecule has 1 aromatic carbocycles. The van der Waals surface area contributed by atoms with Gasteiger partial charge in [0.25, 0.3) is 0 Å². The molecule has 100 valence electrons. The largest absolute Gasteiger partial charge is 0.476 e. The van der Waals surface area contributed by atoms with Gasteiger partial charge >= 0.3 is 5.97 Å². The highest BCUT2D eigenvalue weighted by Crippen LogP contribution is 2.31. The molecule has 0 amide bonds. The van der Waals surface area contributed by atoms with Crippen molar-refractivity contribution in [2.24, 2.45) is 7.05 Å². The number of nitrogens with zero attached hydrogens (tertiary/aromatic N) is 3. The molecule has 0 aliphatic rings. The highest BCUT2D eigenvalue weighted by molar-refractivity contribution is 5.93. The molecule has 5 heteroatoms. The zero-order valence-electron chi connectivity index (χ0n) is 11.8. The van der Waals surface area contributed by atoms with Crippen LogP contribution in [0.3, 0.4) is 0 Å². The Balaban J connectivity index is 2.83. The molecule has 2 rings (SSSR count). The maximum absolute atomic E-state index is 11.3. The van der Waals surface area contributed by atoms with Gasteiger partial charge in [0.2, 0.25) is 0 Å². The van der Waals surface area contributed by atoms with Gasteiger partial charge in [-0.05, 0) is 49.9 Å². The summed E-state index contributed by atoms with van der Waals surface area (Å²) < 4.78 is 0. The third-order valence-corrected chi connectivity index (χ3v) is 3.52. The number of hydrogen-bond acceptors (Lipinski definition) is 3. The molecular formula is C14H17N3O2. The van der Waals surface area contributed by atoms with Gasteiger partial charge < -0.3 is 5.11 Å². The SMILES string of the molecule is Cc1cc(C)c(C)c(-c2nn(C)nc2C(=O)O)c1C. The normalized spacial score (nSPS) is 10.8. The molecule has 0 saturated carbocycles. The van der Waals surface area contributed by atoms with Crippen LogP contribution in [0.1, 0.15) is 32.7 Å². The molecule has 0 spiro atoms. The first kappa shape index (κ1) is 13.3. The summed E-state index contributed by atoms with van der Waals surface area (Å²) in [5.41, 5.74) is 5.66. The fraction of sp³-hybridized carbons (Fsp3) is 0.357. The smallest absolute Gasteiger partial charge is 0.358 e. The number of rotatable bonds is 2. The molecule has 0 bridgehead atoms. The lowest BCUT2D eigenvalue weighted by Crippen LogP contribution is -2.03. The van der Waals surface area contributed by atoms with Crippen LogP contribution in [0.25, 0.3) is 11.3 Å². The van der Waals surface area contributed by atoms with Crippen LogP contribution < -0.4 is 0 Å². The molecule has 19 heavy (non-hydrogen) atoms. The minimum atomic E-state index is -1.05. The summed E-state index contributed by atoms with van der Waals surface area (Å²) in [6.07, 6.45) is 0. The predicted octanol–water partition coefficient (Wildman–Crippen LogP) is 2.41. The van der Waals surface area contributed by atoms with Gasteiger partial charge in [0.05, 0.1) is 0 Å². The summed E-state index contributed by atoms with van der Waals surface area (Å²) in [5, 5.41) is 17.4. The highest BCUT2D eigenvalue weighted by atomic mass is 16.4. The Kier molecular flexibility index (Phi) is 3.14. The fourth-order valence-corrected chi connectivity index (χ4v) is 2.29. The van der Waals surface area contributed by atoms with E-state index < -0.39 is 5.97 Å². The van der Waals surface area contributed by atoms with Crippen LogP contribution in [0.4, 0.5) is 0 Å². The average molecular weight is 259 g/mol. The van der Waals surface area contributed by atoms with Crippen molar-refractivity contribution in [2.75, 3.05) is 0 Å². The number of aryl methyl sites for hydroxylation is 3. The number of hydrogen-bond donors (Lipinski definition) is 1. The second-order valence-electron chi connectivity index (χ2n) is 4.83. The Morgan fingerprint density at radius 1 is 1.11 bits per heavy atom. The van der Waals surface area contributed by atoms with Crippen molar-refractivity contribution in [2.45, 2.75) is 27.7 Å². The molecular weight excluding hydrogens is 242 g/mol. The lowest BCUT2D eigenvalue weighted by atomic mass is 9.91. The summed E-state index contributed by atoms with van der Waals surface area (Å²) >= 11 is 0. The summed E-state index contributed by atoms with van der Waals surface area (Å²) in [6, 6.07) is 2.10. The van der Waals surface area contributed by atoms with Gasteiger partial charge in [0, 0.05) is 12.6 Å². The Labute approximate surface area is 111 Å². The van der Waals surface area contributed by atoms with E-state index in [4.69, 9.17) is 0 Å². The molecule has 2 aromatic rings. The Morgan fingerprint density at radius 2 is 1.63 bits per heavy atom. The zero-order valence-corrected chi connectivity index (χ0v) is 11.8. The van der Waals surface area contributed by atoms with Crippen molar-refractivity contribution >= 4 is 5.97 Å². The van der Waals surface area contributed by atoms with Crippen LogP contribution >= 0.6 is 0 Å². The third-order valence-electron chi connectivity index (χ3n) is 3.52. The van der Waals surface area contributed by atoms with E-state index in [2.05, 4.69) is 16.3 Å². The minimum absolute atomic E-state index is 0.00120. The molecule has 0 unspecified atom stereocenters. The van der Waals surface area contributed by atoms with Crippen molar-refractivity contribution in [3.05, 3.63) is 34.0 Å². The van der Waals surface area contributed by atoms with Crippen LogP contribution in [-0.2, 0) is 7.05 Å². The fourth-order valence-electron chi connectivity index (χ4n) is 2.29. The van der Waals surface area contributed by atoms with E-state index in [1.165, 1.54) is 4.80 Å². The van der Waals surface area contributed by atoms with E-state index >= 15 is 0 Å². The van der Waals surface area contributed by atoms with E-state index in [0.29, 0.717) is 5.69 Å². The Bertz CT molecular complexity index is 646. The number of carboxylic acid groups (broad SMARTS) is 1. The van der Waals surface area contributed by atoms with Crippen molar-refractivity contribution < 1.29 is 9.90 Å². The van der Waals surface area contributed by atoms with Gasteiger partial charge in [-0.1, -0.05) is 6.07 Å². The number of carbonyl (C=O) groups is 1. The van der Waals surface area contributed by atoms with Crippen LogP contribution in [0.2, 0.25) is 0 Å². The molecule has 0 aliphatic heterocycles. The molecule has 0 aliphatic carbocycles. The lowest BCUT2D eigenvalue weighted by Gasteiger charge is -2.13. The topological polar surface area (TPSA) is 68.0 Å². The van der Waals surface area contributed by atoms with Gasteiger partial charge in [0.1, 0.15) is 5.69 Å². The van der Waals surface area contributed by atoms with E-state index in [-0.39, 0.29) is 5.69 Å².